The van der Waals surface area contributed by atoms with E-state index in [1.165, 1.54) is 5.56 Å². The predicted molar refractivity (Wildman–Crippen MR) is 109 cm³/mol. The molecule has 6 nitrogen and oxygen atoms in total. The molecule has 2 aliphatic rings. The molecule has 2 saturated heterocycles. The summed E-state index contributed by atoms with van der Waals surface area (Å²) in [5.74, 6) is 0.883. The third-order valence-electron chi connectivity index (χ3n) is 5.99. The molecule has 1 atom stereocenters. The molecule has 2 aliphatic heterocycles. The number of hydrogen-bond donors (Lipinski definition) is 1. The lowest BCUT2D eigenvalue weighted by Crippen LogP contribution is -2.46. The number of nitrogen functional groups attached to an aromatic ring is 1. The van der Waals surface area contributed by atoms with E-state index in [1.54, 1.807) is 6.20 Å². The van der Waals surface area contributed by atoms with E-state index in [-0.39, 0.29) is 17.6 Å². The number of rotatable bonds is 5. The normalized spacial score (nSPS) is 20.3. The Morgan fingerprint density at radius 3 is 2.64 bits per heavy atom. The van der Waals surface area contributed by atoms with Crippen LogP contribution in [-0.2, 0) is 11.3 Å². The number of hydrogen-bond acceptors (Lipinski definition) is 5. The third-order valence-corrected chi connectivity index (χ3v) is 5.99. The molecule has 1 unspecified atom stereocenters. The largest absolute Gasteiger partial charge is 0.441 e. The second-order valence-corrected chi connectivity index (χ2v) is 8.07. The quantitative estimate of drug-likeness (QED) is 0.862. The molecule has 0 saturated carbocycles. The van der Waals surface area contributed by atoms with Crippen LogP contribution in [0.3, 0.4) is 0 Å². The zero-order chi connectivity index (χ0) is 19.6. The highest BCUT2D eigenvalue weighted by molar-refractivity contribution is 5.71. The van der Waals surface area contributed by atoms with Crippen molar-refractivity contribution in [2.75, 3.05) is 31.9 Å². The van der Waals surface area contributed by atoms with Gasteiger partial charge in [-0.25, -0.2) is 9.78 Å². The SMILES string of the molecule is CC(CN1CC2(CCN(Cc3cccnc3N)CC2)OC1=O)c1ccccc1. The van der Waals surface area contributed by atoms with Crippen LogP contribution in [0.5, 0.6) is 0 Å². The molecule has 0 radical (unpaired) electrons. The minimum atomic E-state index is -0.343. The average molecular weight is 380 g/mol. The van der Waals surface area contributed by atoms with E-state index in [1.807, 2.05) is 35.2 Å². The van der Waals surface area contributed by atoms with E-state index in [4.69, 9.17) is 10.5 Å². The Morgan fingerprint density at radius 1 is 1.18 bits per heavy atom. The molecule has 1 aromatic carbocycles. The van der Waals surface area contributed by atoms with Gasteiger partial charge in [0.05, 0.1) is 6.54 Å². The maximum atomic E-state index is 12.5. The highest BCUT2D eigenvalue weighted by atomic mass is 16.6. The predicted octanol–water partition coefficient (Wildman–Crippen LogP) is 3.25. The van der Waals surface area contributed by atoms with E-state index >= 15 is 0 Å². The van der Waals surface area contributed by atoms with Gasteiger partial charge in [0.15, 0.2) is 0 Å². The third kappa shape index (κ3) is 3.97. The van der Waals surface area contributed by atoms with Crippen molar-refractivity contribution < 1.29 is 9.53 Å². The van der Waals surface area contributed by atoms with Gasteiger partial charge in [-0.05, 0) is 17.5 Å². The van der Waals surface area contributed by atoms with Crippen LogP contribution in [0.25, 0.3) is 0 Å². The summed E-state index contributed by atoms with van der Waals surface area (Å²) < 4.78 is 5.88. The number of aromatic nitrogens is 1. The molecular weight excluding hydrogens is 352 g/mol. The lowest BCUT2D eigenvalue weighted by molar-refractivity contribution is -0.00120. The van der Waals surface area contributed by atoms with Crippen LogP contribution in [0.1, 0.15) is 36.8 Å². The van der Waals surface area contributed by atoms with Gasteiger partial charge >= 0.3 is 6.09 Å². The first kappa shape index (κ1) is 18.7. The summed E-state index contributed by atoms with van der Waals surface area (Å²) in [4.78, 5) is 20.9. The number of nitrogens with zero attached hydrogens (tertiary/aromatic N) is 3. The van der Waals surface area contributed by atoms with E-state index in [0.717, 1.165) is 38.0 Å². The first-order chi connectivity index (χ1) is 13.5. The number of amides is 1. The maximum absolute atomic E-state index is 12.5. The van der Waals surface area contributed by atoms with Gasteiger partial charge in [-0.2, -0.15) is 0 Å². The smallest absolute Gasteiger partial charge is 0.410 e. The number of nitrogens with two attached hydrogens (primary N) is 1. The number of carbonyl (C=O) groups excluding carboxylic acids is 1. The highest BCUT2D eigenvalue weighted by Gasteiger charge is 2.47. The molecule has 0 aliphatic carbocycles. The van der Waals surface area contributed by atoms with Gasteiger partial charge in [0, 0.05) is 50.8 Å². The topological polar surface area (TPSA) is 71.7 Å². The van der Waals surface area contributed by atoms with E-state index in [0.29, 0.717) is 18.9 Å². The first-order valence-corrected chi connectivity index (χ1v) is 9.99. The summed E-state index contributed by atoms with van der Waals surface area (Å²) in [5.41, 5.74) is 7.93. The van der Waals surface area contributed by atoms with Crippen LogP contribution in [0.15, 0.2) is 48.7 Å². The molecule has 0 bridgehead atoms. The van der Waals surface area contributed by atoms with Crippen molar-refractivity contribution in [1.82, 2.24) is 14.8 Å². The molecule has 148 valence electrons. The highest BCUT2D eigenvalue weighted by Crippen LogP contribution is 2.35. The summed E-state index contributed by atoms with van der Waals surface area (Å²) in [6, 6.07) is 14.3. The number of anilines is 1. The van der Waals surface area contributed by atoms with Crippen LogP contribution < -0.4 is 5.73 Å². The molecule has 6 heteroatoms. The number of ether oxygens (including phenoxy) is 1. The fraction of sp³-hybridized carbons (Fsp3) is 0.455. The van der Waals surface area contributed by atoms with Crippen molar-refractivity contribution >= 4 is 11.9 Å². The van der Waals surface area contributed by atoms with Gasteiger partial charge in [0.1, 0.15) is 11.4 Å². The molecule has 2 fully saturated rings. The van der Waals surface area contributed by atoms with Gasteiger partial charge in [-0.1, -0.05) is 43.3 Å². The second kappa shape index (κ2) is 7.80. The van der Waals surface area contributed by atoms with E-state index in [9.17, 15) is 4.79 Å². The number of piperidine rings is 1. The molecular formula is C22H28N4O2. The van der Waals surface area contributed by atoms with Gasteiger partial charge in [0.2, 0.25) is 0 Å². The molecule has 4 rings (SSSR count). The maximum Gasteiger partial charge on any atom is 0.410 e. The molecule has 2 N–H and O–H groups in total. The Kier molecular flexibility index (Phi) is 5.22. The lowest BCUT2D eigenvalue weighted by atomic mass is 9.90. The summed E-state index contributed by atoms with van der Waals surface area (Å²) in [6.07, 6.45) is 3.25. The summed E-state index contributed by atoms with van der Waals surface area (Å²) in [7, 11) is 0. The zero-order valence-corrected chi connectivity index (χ0v) is 16.4. The number of likely N-dealkylation sites (tertiary alicyclic amines) is 1. The molecule has 2 aromatic rings. The van der Waals surface area contributed by atoms with Gasteiger partial charge in [-0.3, -0.25) is 4.90 Å². The number of pyridine rings is 1. The van der Waals surface area contributed by atoms with Gasteiger partial charge in [0.25, 0.3) is 0 Å². The number of benzene rings is 1. The van der Waals surface area contributed by atoms with Crippen LogP contribution in [0.4, 0.5) is 10.6 Å². The van der Waals surface area contributed by atoms with Crippen LogP contribution in [0, 0.1) is 0 Å². The van der Waals surface area contributed by atoms with Gasteiger partial charge < -0.3 is 15.4 Å². The first-order valence-electron chi connectivity index (χ1n) is 9.99. The minimum absolute atomic E-state index is 0.173. The summed E-state index contributed by atoms with van der Waals surface area (Å²) >= 11 is 0. The van der Waals surface area contributed by atoms with Crippen molar-refractivity contribution in [2.45, 2.75) is 37.8 Å². The van der Waals surface area contributed by atoms with Crippen molar-refractivity contribution in [1.29, 1.82) is 0 Å². The zero-order valence-electron chi connectivity index (χ0n) is 16.4. The molecule has 1 spiro atoms. The van der Waals surface area contributed by atoms with Gasteiger partial charge in [-0.15, -0.1) is 0 Å². The summed E-state index contributed by atoms with van der Waals surface area (Å²) in [6.45, 7) is 6.12. The van der Waals surface area contributed by atoms with E-state index in [2.05, 4.69) is 28.9 Å². The Hall–Kier alpha value is -2.60. The molecule has 1 amide bonds. The van der Waals surface area contributed by atoms with Crippen LogP contribution in [0.2, 0.25) is 0 Å². The monoisotopic (exact) mass is 380 g/mol. The van der Waals surface area contributed by atoms with Crippen molar-refractivity contribution in [2.24, 2.45) is 0 Å². The van der Waals surface area contributed by atoms with Crippen LogP contribution >= 0.6 is 0 Å². The standard InChI is InChI=1S/C22H28N4O2/c1-17(18-6-3-2-4-7-18)14-26-16-22(28-21(26)27)9-12-25(13-10-22)15-19-8-5-11-24-20(19)23/h2-8,11,17H,9-10,12-16H2,1H3,(H2,23,24). The Labute approximate surface area is 166 Å². The molecule has 3 heterocycles. The fourth-order valence-electron chi connectivity index (χ4n) is 4.26. The Morgan fingerprint density at radius 2 is 1.93 bits per heavy atom. The van der Waals surface area contributed by atoms with E-state index < -0.39 is 0 Å². The Bertz CT molecular complexity index is 818. The second-order valence-electron chi connectivity index (χ2n) is 8.07. The minimum Gasteiger partial charge on any atom is -0.441 e. The lowest BCUT2D eigenvalue weighted by Gasteiger charge is -2.37. The molecule has 1 aromatic heterocycles. The number of carbonyl (C=O) groups is 1. The summed E-state index contributed by atoms with van der Waals surface area (Å²) in [5, 5.41) is 0. The van der Waals surface area contributed by atoms with Crippen molar-refractivity contribution in [3.63, 3.8) is 0 Å². The average Bonchev–Trinajstić information content (AvgIpc) is 3.01. The molecule has 28 heavy (non-hydrogen) atoms. The fourth-order valence-corrected chi connectivity index (χ4v) is 4.26. The van der Waals surface area contributed by atoms with Crippen molar-refractivity contribution in [3.8, 4) is 0 Å². The van der Waals surface area contributed by atoms with Crippen molar-refractivity contribution in [3.05, 3.63) is 59.8 Å². The Balaban J connectivity index is 1.33. The van der Waals surface area contributed by atoms with Crippen LogP contribution in [-0.4, -0.2) is 52.7 Å².